The molecule has 0 bridgehead atoms. The zero-order valence-electron chi connectivity index (χ0n) is 17.0. The fourth-order valence-corrected chi connectivity index (χ4v) is 4.29. The Morgan fingerprint density at radius 2 is 1.59 bits per heavy atom. The highest BCUT2D eigenvalue weighted by Gasteiger charge is 2.17. The van der Waals surface area contributed by atoms with Crippen LogP contribution in [0.2, 0.25) is 0 Å². The van der Waals surface area contributed by atoms with Gasteiger partial charge >= 0.3 is 5.97 Å². The van der Waals surface area contributed by atoms with Crippen molar-refractivity contribution in [3.05, 3.63) is 77.0 Å². The second kappa shape index (κ2) is 10.2. The molecule has 0 spiro atoms. The van der Waals surface area contributed by atoms with Crippen molar-refractivity contribution >= 4 is 40.7 Å². The van der Waals surface area contributed by atoms with Gasteiger partial charge in [-0.15, -0.1) is 21.5 Å². The normalized spacial score (nSPS) is 10.5. The third-order valence-electron chi connectivity index (χ3n) is 4.40. The number of hydrogen-bond donors (Lipinski definition) is 1. The zero-order valence-corrected chi connectivity index (χ0v) is 18.7. The van der Waals surface area contributed by atoms with E-state index in [1.54, 1.807) is 11.4 Å². The standard InChI is InChI=1S/C23H18N4O3S2/c1-30-22(29)21-17(12-13-31-21)24-18(28)14-32-23-25-19(15-8-4-2-5-9-15)20(26-27-23)16-10-6-3-7-11-16/h2-13H,14H2,1H3,(H,24,28). The Balaban J connectivity index is 1.53. The van der Waals surface area contributed by atoms with Gasteiger partial charge < -0.3 is 10.1 Å². The van der Waals surface area contributed by atoms with E-state index < -0.39 is 5.97 Å². The molecule has 2 aromatic heterocycles. The monoisotopic (exact) mass is 462 g/mol. The molecule has 0 aliphatic rings. The van der Waals surface area contributed by atoms with E-state index in [2.05, 4.69) is 20.5 Å². The smallest absolute Gasteiger partial charge is 0.350 e. The molecule has 1 N–H and O–H groups in total. The molecule has 7 nitrogen and oxygen atoms in total. The Labute approximate surface area is 192 Å². The van der Waals surface area contributed by atoms with Crippen LogP contribution in [0.5, 0.6) is 0 Å². The molecule has 0 aliphatic heterocycles. The molecule has 0 aliphatic carbocycles. The van der Waals surface area contributed by atoms with Gasteiger partial charge in [0.2, 0.25) is 11.1 Å². The molecule has 0 saturated heterocycles. The molecule has 2 heterocycles. The van der Waals surface area contributed by atoms with Crippen LogP contribution >= 0.6 is 23.1 Å². The fourth-order valence-electron chi connectivity index (χ4n) is 2.93. The van der Waals surface area contributed by atoms with Crippen molar-refractivity contribution in [2.24, 2.45) is 0 Å². The third-order valence-corrected chi connectivity index (χ3v) is 6.14. The Morgan fingerprint density at radius 3 is 2.25 bits per heavy atom. The van der Waals surface area contributed by atoms with Crippen molar-refractivity contribution in [2.75, 3.05) is 18.2 Å². The summed E-state index contributed by atoms with van der Waals surface area (Å²) in [5.74, 6) is -0.702. The predicted octanol–water partition coefficient (Wildman–Crippen LogP) is 4.78. The van der Waals surface area contributed by atoms with Crippen LogP contribution in [-0.4, -0.2) is 39.9 Å². The second-order valence-corrected chi connectivity index (χ2v) is 8.37. The molecule has 0 atom stereocenters. The Morgan fingerprint density at radius 1 is 0.938 bits per heavy atom. The number of hydrogen-bond acceptors (Lipinski definition) is 8. The largest absolute Gasteiger partial charge is 0.465 e. The van der Waals surface area contributed by atoms with Crippen LogP contribution in [-0.2, 0) is 9.53 Å². The first-order valence-corrected chi connectivity index (χ1v) is 11.5. The van der Waals surface area contributed by atoms with E-state index in [4.69, 9.17) is 4.74 Å². The molecule has 0 fully saturated rings. The molecule has 0 unspecified atom stereocenters. The minimum absolute atomic E-state index is 0.0665. The van der Waals surface area contributed by atoms with Crippen molar-refractivity contribution in [3.8, 4) is 22.5 Å². The highest BCUT2D eigenvalue weighted by molar-refractivity contribution is 7.99. The number of ether oxygens (including phenoxy) is 1. The number of anilines is 1. The van der Waals surface area contributed by atoms with Gasteiger partial charge in [-0.3, -0.25) is 4.79 Å². The maximum absolute atomic E-state index is 12.4. The number of thioether (sulfide) groups is 1. The van der Waals surface area contributed by atoms with Gasteiger partial charge in [0.25, 0.3) is 0 Å². The molecule has 0 radical (unpaired) electrons. The highest BCUT2D eigenvalue weighted by Crippen LogP contribution is 2.30. The van der Waals surface area contributed by atoms with Gasteiger partial charge in [0.05, 0.1) is 18.6 Å². The van der Waals surface area contributed by atoms with Crippen molar-refractivity contribution in [1.82, 2.24) is 15.2 Å². The zero-order chi connectivity index (χ0) is 22.3. The number of nitrogens with one attached hydrogen (secondary N) is 1. The molecule has 32 heavy (non-hydrogen) atoms. The fraction of sp³-hybridized carbons (Fsp3) is 0.0870. The number of benzene rings is 2. The lowest BCUT2D eigenvalue weighted by Gasteiger charge is -2.09. The van der Waals surface area contributed by atoms with E-state index in [1.165, 1.54) is 30.2 Å². The summed E-state index contributed by atoms with van der Waals surface area (Å²) < 4.78 is 4.74. The van der Waals surface area contributed by atoms with Gasteiger partial charge in [-0.2, -0.15) is 0 Å². The van der Waals surface area contributed by atoms with E-state index in [0.29, 0.717) is 27.1 Å². The molecule has 0 saturated carbocycles. The Hall–Kier alpha value is -3.56. The lowest BCUT2D eigenvalue weighted by molar-refractivity contribution is -0.113. The summed E-state index contributed by atoms with van der Waals surface area (Å²) in [4.78, 5) is 29.2. The van der Waals surface area contributed by atoms with Gasteiger partial charge in [0, 0.05) is 11.1 Å². The first-order valence-electron chi connectivity index (χ1n) is 9.59. The summed E-state index contributed by atoms with van der Waals surface area (Å²) in [6.45, 7) is 0. The third kappa shape index (κ3) is 5.01. The molecular formula is C23H18N4O3S2. The van der Waals surface area contributed by atoms with Crippen LogP contribution in [0.3, 0.4) is 0 Å². The van der Waals surface area contributed by atoms with Crippen LogP contribution in [0, 0.1) is 0 Å². The lowest BCUT2D eigenvalue weighted by Crippen LogP contribution is -2.16. The maximum Gasteiger partial charge on any atom is 0.350 e. The number of nitrogens with zero attached hydrogens (tertiary/aromatic N) is 3. The highest BCUT2D eigenvalue weighted by atomic mass is 32.2. The summed E-state index contributed by atoms with van der Waals surface area (Å²) in [7, 11) is 1.30. The Kier molecular flexibility index (Phi) is 6.88. The average Bonchev–Trinajstić information content (AvgIpc) is 3.31. The van der Waals surface area contributed by atoms with Crippen LogP contribution < -0.4 is 5.32 Å². The van der Waals surface area contributed by atoms with E-state index in [-0.39, 0.29) is 11.7 Å². The van der Waals surface area contributed by atoms with E-state index in [1.807, 2.05) is 60.7 Å². The van der Waals surface area contributed by atoms with Gasteiger partial charge in [-0.05, 0) is 11.4 Å². The van der Waals surface area contributed by atoms with Gasteiger partial charge in [0.15, 0.2) is 0 Å². The van der Waals surface area contributed by atoms with Crippen molar-refractivity contribution < 1.29 is 14.3 Å². The van der Waals surface area contributed by atoms with Gasteiger partial charge in [-0.1, -0.05) is 72.4 Å². The number of thiophene rings is 1. The molecule has 4 rings (SSSR count). The summed E-state index contributed by atoms with van der Waals surface area (Å²) in [5, 5.41) is 13.5. The van der Waals surface area contributed by atoms with Crippen LogP contribution in [0.4, 0.5) is 5.69 Å². The van der Waals surface area contributed by atoms with Crippen LogP contribution in [0.15, 0.2) is 77.3 Å². The summed E-state index contributed by atoms with van der Waals surface area (Å²) in [5.41, 5.74) is 3.62. The lowest BCUT2D eigenvalue weighted by atomic mass is 10.0. The number of rotatable bonds is 7. The molecular weight excluding hydrogens is 444 g/mol. The second-order valence-electron chi connectivity index (χ2n) is 6.52. The number of aromatic nitrogens is 3. The van der Waals surface area contributed by atoms with Gasteiger partial charge in [-0.25, -0.2) is 9.78 Å². The SMILES string of the molecule is COC(=O)c1sccc1NC(=O)CSc1nnc(-c2ccccc2)c(-c2ccccc2)n1. The summed E-state index contributed by atoms with van der Waals surface area (Å²) >= 11 is 2.38. The number of esters is 1. The minimum Gasteiger partial charge on any atom is -0.465 e. The maximum atomic E-state index is 12.4. The van der Waals surface area contributed by atoms with Gasteiger partial charge in [0.1, 0.15) is 16.3 Å². The van der Waals surface area contributed by atoms with Crippen LogP contribution in [0.25, 0.3) is 22.5 Å². The summed E-state index contributed by atoms with van der Waals surface area (Å²) in [6.07, 6.45) is 0. The summed E-state index contributed by atoms with van der Waals surface area (Å²) in [6, 6.07) is 21.1. The van der Waals surface area contributed by atoms with Crippen molar-refractivity contribution in [3.63, 3.8) is 0 Å². The number of amides is 1. The molecule has 4 aromatic rings. The van der Waals surface area contributed by atoms with E-state index >= 15 is 0 Å². The predicted molar refractivity (Wildman–Crippen MR) is 126 cm³/mol. The topological polar surface area (TPSA) is 94.1 Å². The number of methoxy groups -OCH3 is 1. The molecule has 2 aromatic carbocycles. The molecule has 160 valence electrons. The van der Waals surface area contributed by atoms with E-state index in [9.17, 15) is 9.59 Å². The minimum atomic E-state index is -0.487. The first kappa shape index (κ1) is 21.7. The Bertz CT molecular complexity index is 1230. The van der Waals surface area contributed by atoms with E-state index in [0.717, 1.165) is 11.1 Å². The van der Waals surface area contributed by atoms with Crippen LogP contribution in [0.1, 0.15) is 9.67 Å². The average molecular weight is 463 g/mol. The molecule has 9 heteroatoms. The van der Waals surface area contributed by atoms with Crippen molar-refractivity contribution in [1.29, 1.82) is 0 Å². The number of carbonyl (C=O) groups is 2. The first-order chi connectivity index (χ1) is 15.7. The quantitative estimate of drug-likeness (QED) is 0.312. The number of carbonyl (C=O) groups excluding carboxylic acids is 2. The van der Waals surface area contributed by atoms with Crippen molar-refractivity contribution in [2.45, 2.75) is 5.16 Å². The molecule has 1 amide bonds.